The number of nitrogens with zero attached hydrogens (tertiary/aromatic N) is 1. The molecular formula is C13H20N2O2. The maximum absolute atomic E-state index is 11.5. The highest BCUT2D eigenvalue weighted by molar-refractivity contribution is 5.92. The number of unbranched alkanes of at least 4 members (excludes halogenated alkanes) is 1. The zero-order valence-electron chi connectivity index (χ0n) is 10.5. The number of carbonyl (C=O) groups excluding carboxylic acids is 1. The van der Waals surface area contributed by atoms with Crippen LogP contribution in [0.3, 0.4) is 0 Å². The molecule has 2 amide bonds. The van der Waals surface area contributed by atoms with Crippen LogP contribution in [0, 0.1) is 0 Å². The van der Waals surface area contributed by atoms with Crippen LogP contribution in [-0.4, -0.2) is 19.2 Å². The molecule has 0 heterocycles. The van der Waals surface area contributed by atoms with E-state index in [2.05, 4.69) is 6.92 Å². The van der Waals surface area contributed by atoms with Gasteiger partial charge in [0.1, 0.15) is 5.75 Å². The summed E-state index contributed by atoms with van der Waals surface area (Å²) in [6.07, 6.45) is 1.93. The predicted molar refractivity (Wildman–Crippen MR) is 69.4 cm³/mol. The number of nitrogens with two attached hydrogens (primary N) is 1. The Bertz CT molecular complexity index is 366. The highest BCUT2D eigenvalue weighted by atomic mass is 16.5. The number of carbonyl (C=O) groups is 1. The monoisotopic (exact) mass is 236 g/mol. The summed E-state index contributed by atoms with van der Waals surface area (Å²) in [5.74, 6) is 0.699. The van der Waals surface area contributed by atoms with Gasteiger partial charge in [-0.3, -0.25) is 4.90 Å². The average Bonchev–Trinajstić information content (AvgIpc) is 2.31. The van der Waals surface area contributed by atoms with Gasteiger partial charge in [0.15, 0.2) is 0 Å². The molecule has 94 valence electrons. The molecule has 2 N–H and O–H groups in total. The second-order valence-electron chi connectivity index (χ2n) is 3.74. The normalized spacial score (nSPS) is 10.0. The van der Waals surface area contributed by atoms with Gasteiger partial charge in [0.2, 0.25) is 0 Å². The van der Waals surface area contributed by atoms with Crippen LogP contribution in [0.15, 0.2) is 24.3 Å². The van der Waals surface area contributed by atoms with Gasteiger partial charge >= 0.3 is 6.03 Å². The minimum Gasteiger partial charge on any atom is -0.492 e. The molecule has 0 spiro atoms. The summed E-state index contributed by atoms with van der Waals surface area (Å²) in [4.78, 5) is 13.0. The number of benzene rings is 1. The number of amides is 2. The van der Waals surface area contributed by atoms with Crippen molar-refractivity contribution in [2.24, 2.45) is 5.73 Å². The van der Waals surface area contributed by atoms with Crippen LogP contribution in [-0.2, 0) is 0 Å². The Morgan fingerprint density at radius 1 is 1.35 bits per heavy atom. The summed E-state index contributed by atoms with van der Waals surface area (Å²) in [5, 5.41) is 0. The molecule has 0 saturated carbocycles. The van der Waals surface area contributed by atoms with E-state index >= 15 is 0 Å². The highest BCUT2D eigenvalue weighted by Gasteiger charge is 2.15. The average molecular weight is 236 g/mol. The first-order chi connectivity index (χ1) is 8.20. The van der Waals surface area contributed by atoms with Crippen LogP contribution in [0.5, 0.6) is 5.75 Å². The Morgan fingerprint density at radius 3 is 2.65 bits per heavy atom. The molecule has 17 heavy (non-hydrogen) atoms. The number of hydrogen-bond donors (Lipinski definition) is 1. The Balaban J connectivity index is 2.95. The van der Waals surface area contributed by atoms with Crippen LogP contribution in [0.4, 0.5) is 10.5 Å². The van der Waals surface area contributed by atoms with Gasteiger partial charge < -0.3 is 10.5 Å². The van der Waals surface area contributed by atoms with E-state index in [0.29, 0.717) is 18.9 Å². The molecule has 4 nitrogen and oxygen atoms in total. The summed E-state index contributed by atoms with van der Waals surface area (Å²) in [6, 6.07) is 7.02. The Kier molecular flexibility index (Phi) is 5.33. The van der Waals surface area contributed by atoms with Crippen LogP contribution in [0.1, 0.15) is 26.7 Å². The second-order valence-corrected chi connectivity index (χ2v) is 3.74. The number of ether oxygens (including phenoxy) is 1. The maximum Gasteiger partial charge on any atom is 0.319 e. The molecule has 4 heteroatoms. The lowest BCUT2D eigenvalue weighted by molar-refractivity contribution is 0.253. The fourth-order valence-electron chi connectivity index (χ4n) is 1.62. The SMILES string of the molecule is CCCCN(C(N)=O)c1ccccc1OCC. The molecule has 0 radical (unpaired) electrons. The molecule has 0 saturated heterocycles. The van der Waals surface area contributed by atoms with Crippen LogP contribution >= 0.6 is 0 Å². The van der Waals surface area contributed by atoms with Crippen LogP contribution in [0.25, 0.3) is 0 Å². The number of hydrogen-bond acceptors (Lipinski definition) is 2. The second kappa shape index (κ2) is 6.78. The topological polar surface area (TPSA) is 55.6 Å². The van der Waals surface area contributed by atoms with E-state index in [9.17, 15) is 4.79 Å². The van der Waals surface area contributed by atoms with Crippen LogP contribution < -0.4 is 15.4 Å². The first-order valence-corrected chi connectivity index (χ1v) is 5.99. The zero-order chi connectivity index (χ0) is 12.7. The summed E-state index contributed by atoms with van der Waals surface area (Å²) in [7, 11) is 0. The zero-order valence-corrected chi connectivity index (χ0v) is 10.5. The minimum atomic E-state index is -0.439. The molecule has 0 aliphatic rings. The minimum absolute atomic E-state index is 0.439. The number of anilines is 1. The third-order valence-electron chi connectivity index (χ3n) is 2.46. The lowest BCUT2D eigenvalue weighted by atomic mass is 10.2. The third kappa shape index (κ3) is 3.66. The fraction of sp³-hybridized carbons (Fsp3) is 0.462. The number of primary amides is 1. The van der Waals surface area contributed by atoms with Crippen molar-refractivity contribution in [3.8, 4) is 5.75 Å². The Hall–Kier alpha value is -1.71. The van der Waals surface area contributed by atoms with Crippen molar-refractivity contribution in [1.82, 2.24) is 0 Å². The number of urea groups is 1. The molecular weight excluding hydrogens is 216 g/mol. The summed E-state index contributed by atoms with van der Waals surface area (Å²) in [5.41, 5.74) is 6.15. The number of para-hydroxylation sites is 2. The van der Waals surface area contributed by atoms with E-state index in [-0.39, 0.29) is 0 Å². The van der Waals surface area contributed by atoms with Crippen molar-refractivity contribution in [2.45, 2.75) is 26.7 Å². The molecule has 1 rings (SSSR count). The van der Waals surface area contributed by atoms with Gasteiger partial charge in [-0.1, -0.05) is 25.5 Å². The largest absolute Gasteiger partial charge is 0.492 e. The number of rotatable bonds is 6. The van der Waals surface area contributed by atoms with Gasteiger partial charge in [-0.05, 0) is 25.5 Å². The van der Waals surface area contributed by atoms with Gasteiger partial charge in [0.25, 0.3) is 0 Å². The quantitative estimate of drug-likeness (QED) is 0.825. The first-order valence-electron chi connectivity index (χ1n) is 5.99. The molecule has 1 aromatic carbocycles. The van der Waals surface area contributed by atoms with E-state index in [1.54, 1.807) is 4.90 Å². The van der Waals surface area contributed by atoms with Gasteiger partial charge in [0.05, 0.1) is 12.3 Å². The molecule has 0 fully saturated rings. The summed E-state index contributed by atoms with van der Waals surface area (Å²) < 4.78 is 5.50. The van der Waals surface area contributed by atoms with Gasteiger partial charge in [-0.2, -0.15) is 0 Å². The standard InChI is InChI=1S/C13H20N2O2/c1-3-5-10-15(13(14)16)11-8-6-7-9-12(11)17-4-2/h6-9H,3-5,10H2,1-2H3,(H2,14,16). The summed E-state index contributed by atoms with van der Waals surface area (Å²) >= 11 is 0. The van der Waals surface area contributed by atoms with E-state index in [1.165, 1.54) is 0 Å². The lowest BCUT2D eigenvalue weighted by Crippen LogP contribution is -2.36. The van der Waals surface area contributed by atoms with E-state index in [1.807, 2.05) is 31.2 Å². The molecule has 0 aromatic heterocycles. The van der Waals surface area contributed by atoms with E-state index in [4.69, 9.17) is 10.5 Å². The van der Waals surface area contributed by atoms with Crippen molar-refractivity contribution in [3.05, 3.63) is 24.3 Å². The highest BCUT2D eigenvalue weighted by Crippen LogP contribution is 2.28. The van der Waals surface area contributed by atoms with Crippen molar-refractivity contribution in [1.29, 1.82) is 0 Å². The van der Waals surface area contributed by atoms with Gasteiger partial charge in [0, 0.05) is 6.54 Å². The van der Waals surface area contributed by atoms with Crippen molar-refractivity contribution >= 4 is 11.7 Å². The predicted octanol–water partition coefficient (Wildman–Crippen LogP) is 2.77. The Labute approximate surface area is 102 Å². The molecule has 0 aliphatic carbocycles. The lowest BCUT2D eigenvalue weighted by Gasteiger charge is -2.22. The first kappa shape index (κ1) is 13.4. The summed E-state index contributed by atoms with van der Waals surface area (Å²) in [6.45, 7) is 5.18. The van der Waals surface area contributed by atoms with Crippen molar-refractivity contribution in [2.75, 3.05) is 18.1 Å². The third-order valence-corrected chi connectivity index (χ3v) is 2.46. The fourth-order valence-corrected chi connectivity index (χ4v) is 1.62. The molecule has 0 aliphatic heterocycles. The van der Waals surface area contributed by atoms with E-state index < -0.39 is 6.03 Å². The van der Waals surface area contributed by atoms with Gasteiger partial charge in [-0.25, -0.2) is 4.79 Å². The molecule has 0 unspecified atom stereocenters. The maximum atomic E-state index is 11.5. The van der Waals surface area contributed by atoms with E-state index in [0.717, 1.165) is 18.5 Å². The Morgan fingerprint density at radius 2 is 2.06 bits per heavy atom. The van der Waals surface area contributed by atoms with Crippen molar-refractivity contribution < 1.29 is 9.53 Å². The molecule has 1 aromatic rings. The van der Waals surface area contributed by atoms with Crippen LogP contribution in [0.2, 0.25) is 0 Å². The smallest absolute Gasteiger partial charge is 0.319 e. The molecule has 0 bridgehead atoms. The van der Waals surface area contributed by atoms with Crippen molar-refractivity contribution in [3.63, 3.8) is 0 Å². The van der Waals surface area contributed by atoms with Gasteiger partial charge in [-0.15, -0.1) is 0 Å². The molecule has 0 atom stereocenters.